The third-order valence-electron chi connectivity index (χ3n) is 7.02. The number of esters is 1. The van der Waals surface area contributed by atoms with Crippen molar-refractivity contribution in [2.75, 3.05) is 6.61 Å². The van der Waals surface area contributed by atoms with Crippen molar-refractivity contribution in [3.8, 4) is 11.5 Å². The molecule has 0 saturated heterocycles. The summed E-state index contributed by atoms with van der Waals surface area (Å²) in [7, 11) is 0. The Balaban J connectivity index is 1.27. The van der Waals surface area contributed by atoms with Crippen LogP contribution in [0.2, 0.25) is 0 Å². The van der Waals surface area contributed by atoms with Crippen LogP contribution in [0.5, 0.6) is 11.5 Å². The molecule has 0 heterocycles. The van der Waals surface area contributed by atoms with Crippen LogP contribution in [0.3, 0.4) is 0 Å². The average molecular weight is 561 g/mol. The van der Waals surface area contributed by atoms with Crippen LogP contribution >= 0.6 is 0 Å². The molecule has 6 heteroatoms. The van der Waals surface area contributed by atoms with Crippen LogP contribution in [0.1, 0.15) is 107 Å². The number of hydrogen-bond acceptors (Lipinski definition) is 5. The van der Waals surface area contributed by atoms with E-state index in [1.54, 1.807) is 60.7 Å². The summed E-state index contributed by atoms with van der Waals surface area (Å²) >= 11 is 0. The quantitative estimate of drug-likeness (QED) is 0.0597. The monoisotopic (exact) mass is 560 g/mol. The lowest BCUT2D eigenvalue weighted by atomic mass is 10.0. The Bertz CT molecular complexity index is 1170. The molecule has 0 radical (unpaired) electrons. The Kier molecular flexibility index (Phi) is 15.2. The number of hydrogen-bond donors (Lipinski definition) is 0. The van der Waals surface area contributed by atoms with Gasteiger partial charge in [-0.25, -0.2) is 9.18 Å². The van der Waals surface area contributed by atoms with Crippen molar-refractivity contribution in [3.63, 3.8) is 0 Å². The highest BCUT2D eigenvalue weighted by molar-refractivity contribution is 5.91. The van der Waals surface area contributed by atoms with Gasteiger partial charge in [0, 0.05) is 6.07 Å². The first-order valence-electron chi connectivity index (χ1n) is 15.4. The Morgan fingerprint density at radius 2 is 1.24 bits per heavy atom. The zero-order valence-electron chi connectivity index (χ0n) is 24.5. The van der Waals surface area contributed by atoms with E-state index in [0.29, 0.717) is 29.4 Å². The maximum absolute atomic E-state index is 14.5. The van der Waals surface area contributed by atoms with Crippen molar-refractivity contribution in [3.05, 3.63) is 84.2 Å². The summed E-state index contributed by atoms with van der Waals surface area (Å²) in [6.45, 7) is 2.85. The van der Waals surface area contributed by atoms with Crippen LogP contribution in [0.4, 0.5) is 15.8 Å². The highest BCUT2D eigenvalue weighted by atomic mass is 19.1. The van der Waals surface area contributed by atoms with E-state index >= 15 is 0 Å². The zero-order chi connectivity index (χ0) is 29.0. The number of unbranched alkanes of at least 4 members (excludes halogenated alkanes) is 13. The number of nitrogens with zero attached hydrogens (tertiary/aromatic N) is 2. The van der Waals surface area contributed by atoms with Gasteiger partial charge in [0.1, 0.15) is 17.2 Å². The van der Waals surface area contributed by atoms with Gasteiger partial charge >= 0.3 is 5.97 Å². The predicted molar refractivity (Wildman–Crippen MR) is 164 cm³/mol. The fourth-order valence-electron chi connectivity index (χ4n) is 4.58. The molecule has 5 nitrogen and oxygen atoms in total. The van der Waals surface area contributed by atoms with E-state index in [-0.39, 0.29) is 5.69 Å². The van der Waals surface area contributed by atoms with Gasteiger partial charge in [-0.15, -0.1) is 5.11 Å². The normalized spacial score (nSPS) is 11.2. The first-order chi connectivity index (χ1) is 20.2. The van der Waals surface area contributed by atoms with Crippen LogP contribution in [0.15, 0.2) is 83.0 Å². The summed E-state index contributed by atoms with van der Waals surface area (Å²) in [5.74, 6) is 0.0202. The molecule has 0 amide bonds. The minimum absolute atomic E-state index is 0.126. The van der Waals surface area contributed by atoms with Crippen molar-refractivity contribution in [2.24, 2.45) is 10.2 Å². The molecule has 0 aliphatic rings. The van der Waals surface area contributed by atoms with Crippen LogP contribution in [-0.4, -0.2) is 12.6 Å². The maximum Gasteiger partial charge on any atom is 0.343 e. The number of carbonyl (C=O) groups is 1. The number of rotatable bonds is 20. The summed E-state index contributed by atoms with van der Waals surface area (Å²) in [5.41, 5.74) is 1.01. The third-order valence-corrected chi connectivity index (χ3v) is 7.02. The van der Waals surface area contributed by atoms with Crippen LogP contribution in [0, 0.1) is 5.82 Å². The molecule has 0 bridgehead atoms. The van der Waals surface area contributed by atoms with Gasteiger partial charge in [-0.05, 0) is 55.0 Å². The zero-order valence-corrected chi connectivity index (χ0v) is 24.5. The number of para-hydroxylation sites is 1. The van der Waals surface area contributed by atoms with E-state index in [9.17, 15) is 9.18 Å². The first kappa shape index (κ1) is 32.0. The van der Waals surface area contributed by atoms with Gasteiger partial charge in [0.05, 0.1) is 17.9 Å². The SMILES string of the molecule is CCCCCCCCCCCCCCCCOc1ccc(N=Nc2ccc(C(=O)Oc3ccccc3)cc2)c(F)c1. The van der Waals surface area contributed by atoms with Crippen LogP contribution < -0.4 is 9.47 Å². The third kappa shape index (κ3) is 13.1. The largest absolute Gasteiger partial charge is 0.493 e. The molecule has 220 valence electrons. The van der Waals surface area contributed by atoms with Crippen molar-refractivity contribution >= 4 is 17.3 Å². The van der Waals surface area contributed by atoms with Crippen molar-refractivity contribution in [1.82, 2.24) is 0 Å². The summed E-state index contributed by atoms with van der Waals surface area (Å²) in [4.78, 5) is 12.3. The molecule has 0 N–H and O–H groups in total. The molecule has 0 unspecified atom stereocenters. The molecule has 0 atom stereocenters. The standard InChI is InChI=1S/C35H45FN2O3/c1-2-3-4-5-6-7-8-9-10-11-12-13-14-18-27-40-32-25-26-34(33(36)28-32)38-37-30-23-21-29(22-24-30)35(39)41-31-19-16-15-17-20-31/h15-17,19-26,28H,2-14,18,27H2,1H3. The molecule has 0 aromatic heterocycles. The molecule has 0 saturated carbocycles. The highest BCUT2D eigenvalue weighted by Gasteiger charge is 2.09. The lowest BCUT2D eigenvalue weighted by Crippen LogP contribution is -2.07. The molecule has 0 spiro atoms. The van der Waals surface area contributed by atoms with Gasteiger partial charge in [0.25, 0.3) is 0 Å². The Hall–Kier alpha value is -3.54. The Labute approximate surface area is 245 Å². The van der Waals surface area contributed by atoms with E-state index < -0.39 is 11.8 Å². The predicted octanol–water partition coefficient (Wildman–Crippen LogP) is 11.3. The molecule has 0 aliphatic heterocycles. The molecule has 3 aromatic carbocycles. The fraction of sp³-hybridized carbons (Fsp3) is 0.457. The molecule has 3 rings (SSSR count). The van der Waals surface area contributed by atoms with Gasteiger partial charge in [-0.1, -0.05) is 109 Å². The van der Waals surface area contributed by atoms with Gasteiger partial charge in [-0.3, -0.25) is 0 Å². The van der Waals surface area contributed by atoms with E-state index in [4.69, 9.17) is 9.47 Å². The fourth-order valence-corrected chi connectivity index (χ4v) is 4.58. The van der Waals surface area contributed by atoms with Gasteiger partial charge in [0.2, 0.25) is 0 Å². The van der Waals surface area contributed by atoms with E-state index in [1.165, 1.54) is 83.1 Å². The average Bonchev–Trinajstić information content (AvgIpc) is 2.99. The number of azo groups is 1. The number of ether oxygens (including phenoxy) is 2. The molecule has 0 fully saturated rings. The second-order valence-electron chi connectivity index (χ2n) is 10.5. The highest BCUT2D eigenvalue weighted by Crippen LogP contribution is 2.26. The molecule has 3 aromatic rings. The second kappa shape index (κ2) is 19.5. The Morgan fingerprint density at radius 1 is 0.659 bits per heavy atom. The van der Waals surface area contributed by atoms with Crippen molar-refractivity contribution in [1.29, 1.82) is 0 Å². The number of halogens is 1. The van der Waals surface area contributed by atoms with Crippen LogP contribution in [-0.2, 0) is 0 Å². The topological polar surface area (TPSA) is 60.2 Å². The van der Waals surface area contributed by atoms with E-state index in [0.717, 1.165) is 12.8 Å². The van der Waals surface area contributed by atoms with E-state index in [2.05, 4.69) is 17.2 Å². The first-order valence-corrected chi connectivity index (χ1v) is 15.4. The summed E-state index contributed by atoms with van der Waals surface area (Å²) in [6.07, 6.45) is 18.4. The van der Waals surface area contributed by atoms with Crippen molar-refractivity contribution < 1.29 is 18.7 Å². The molecular weight excluding hydrogens is 515 g/mol. The van der Waals surface area contributed by atoms with E-state index in [1.807, 2.05) is 6.07 Å². The lowest BCUT2D eigenvalue weighted by Gasteiger charge is -2.07. The smallest absolute Gasteiger partial charge is 0.343 e. The summed E-state index contributed by atoms with van der Waals surface area (Å²) in [5, 5.41) is 8.10. The lowest BCUT2D eigenvalue weighted by molar-refractivity contribution is 0.0735. The number of carbonyl (C=O) groups excluding carboxylic acids is 1. The minimum Gasteiger partial charge on any atom is -0.493 e. The van der Waals surface area contributed by atoms with Crippen molar-refractivity contribution in [2.45, 2.75) is 96.8 Å². The summed E-state index contributed by atoms with van der Waals surface area (Å²) in [6, 6.07) is 20.0. The minimum atomic E-state index is -0.490. The molecule has 41 heavy (non-hydrogen) atoms. The van der Waals surface area contributed by atoms with Gasteiger partial charge in [0.15, 0.2) is 5.82 Å². The number of benzene rings is 3. The molecular formula is C35H45FN2O3. The van der Waals surface area contributed by atoms with Gasteiger partial charge in [-0.2, -0.15) is 5.11 Å². The molecule has 0 aliphatic carbocycles. The second-order valence-corrected chi connectivity index (χ2v) is 10.5. The van der Waals surface area contributed by atoms with Crippen LogP contribution in [0.25, 0.3) is 0 Å². The summed E-state index contributed by atoms with van der Waals surface area (Å²) < 4.78 is 25.6. The van der Waals surface area contributed by atoms with Gasteiger partial charge < -0.3 is 9.47 Å². The Morgan fingerprint density at radius 3 is 1.83 bits per heavy atom. The maximum atomic E-state index is 14.5.